The van der Waals surface area contributed by atoms with Crippen molar-refractivity contribution >= 4 is 17.6 Å². The molecule has 1 fully saturated rings. The number of carbonyl (C=O) groups is 2. The first-order valence-corrected chi connectivity index (χ1v) is 5.32. The SMILES string of the molecule is CCn1nccc1NC(=O)[C@H]1CCC(=O)N1. The molecule has 0 radical (unpaired) electrons. The zero-order valence-corrected chi connectivity index (χ0v) is 9.06. The second kappa shape index (κ2) is 4.34. The summed E-state index contributed by atoms with van der Waals surface area (Å²) in [5.41, 5.74) is 0. The van der Waals surface area contributed by atoms with Crippen molar-refractivity contribution < 1.29 is 9.59 Å². The molecule has 1 aliphatic heterocycles. The first-order valence-electron chi connectivity index (χ1n) is 5.32. The topological polar surface area (TPSA) is 76.0 Å². The molecule has 0 spiro atoms. The highest BCUT2D eigenvalue weighted by atomic mass is 16.2. The number of nitrogens with zero attached hydrogens (tertiary/aromatic N) is 2. The van der Waals surface area contributed by atoms with E-state index in [0.29, 0.717) is 25.2 Å². The summed E-state index contributed by atoms with van der Waals surface area (Å²) < 4.78 is 1.69. The van der Waals surface area contributed by atoms with Gasteiger partial charge in [0, 0.05) is 19.0 Å². The molecule has 2 heterocycles. The van der Waals surface area contributed by atoms with Gasteiger partial charge in [0.25, 0.3) is 0 Å². The maximum atomic E-state index is 11.8. The molecule has 1 saturated heterocycles. The smallest absolute Gasteiger partial charge is 0.248 e. The van der Waals surface area contributed by atoms with Crippen LogP contribution in [0.2, 0.25) is 0 Å². The van der Waals surface area contributed by atoms with Crippen molar-refractivity contribution in [1.82, 2.24) is 15.1 Å². The summed E-state index contributed by atoms with van der Waals surface area (Å²) in [4.78, 5) is 22.7. The van der Waals surface area contributed by atoms with E-state index in [1.54, 1.807) is 16.9 Å². The minimum absolute atomic E-state index is 0.0656. The first-order chi connectivity index (χ1) is 7.70. The normalized spacial score (nSPS) is 19.6. The van der Waals surface area contributed by atoms with Gasteiger partial charge in [0.05, 0.1) is 6.20 Å². The Morgan fingerprint density at radius 1 is 1.75 bits per heavy atom. The molecule has 0 aromatic carbocycles. The first kappa shape index (κ1) is 10.7. The van der Waals surface area contributed by atoms with Crippen LogP contribution in [0.25, 0.3) is 0 Å². The molecule has 0 saturated carbocycles. The number of aryl methyl sites for hydroxylation is 1. The highest BCUT2D eigenvalue weighted by molar-refractivity contribution is 5.98. The van der Waals surface area contributed by atoms with E-state index >= 15 is 0 Å². The number of hydrogen-bond donors (Lipinski definition) is 2. The Morgan fingerprint density at radius 3 is 3.19 bits per heavy atom. The fraction of sp³-hybridized carbons (Fsp3) is 0.500. The summed E-state index contributed by atoms with van der Waals surface area (Å²) >= 11 is 0. The van der Waals surface area contributed by atoms with Crippen molar-refractivity contribution in [3.63, 3.8) is 0 Å². The second-order valence-electron chi connectivity index (χ2n) is 3.68. The molecular weight excluding hydrogens is 208 g/mol. The third-order valence-electron chi connectivity index (χ3n) is 2.58. The molecular formula is C10H14N4O2. The van der Waals surface area contributed by atoms with Crippen LogP contribution in [0.15, 0.2) is 12.3 Å². The van der Waals surface area contributed by atoms with Gasteiger partial charge in [-0.15, -0.1) is 0 Å². The van der Waals surface area contributed by atoms with Crippen LogP contribution in [0, 0.1) is 0 Å². The molecule has 86 valence electrons. The lowest BCUT2D eigenvalue weighted by Gasteiger charge is -2.11. The summed E-state index contributed by atoms with van der Waals surface area (Å²) in [6.07, 6.45) is 2.61. The van der Waals surface area contributed by atoms with Crippen LogP contribution >= 0.6 is 0 Å². The Balaban J connectivity index is 1.99. The van der Waals surface area contributed by atoms with Gasteiger partial charge >= 0.3 is 0 Å². The number of anilines is 1. The fourth-order valence-corrected chi connectivity index (χ4v) is 1.71. The van der Waals surface area contributed by atoms with Crippen LogP contribution < -0.4 is 10.6 Å². The summed E-state index contributed by atoms with van der Waals surface area (Å²) in [6.45, 7) is 2.64. The zero-order valence-electron chi connectivity index (χ0n) is 9.06. The van der Waals surface area contributed by atoms with Crippen molar-refractivity contribution in [2.75, 3.05) is 5.32 Å². The van der Waals surface area contributed by atoms with E-state index in [1.807, 2.05) is 6.92 Å². The second-order valence-corrected chi connectivity index (χ2v) is 3.68. The van der Waals surface area contributed by atoms with E-state index in [-0.39, 0.29) is 11.8 Å². The average Bonchev–Trinajstić information content (AvgIpc) is 2.86. The van der Waals surface area contributed by atoms with E-state index in [4.69, 9.17) is 0 Å². The highest BCUT2D eigenvalue weighted by Crippen LogP contribution is 2.11. The Morgan fingerprint density at radius 2 is 2.56 bits per heavy atom. The summed E-state index contributed by atoms with van der Waals surface area (Å²) in [5, 5.41) is 9.42. The van der Waals surface area contributed by atoms with Crippen LogP contribution in [-0.2, 0) is 16.1 Å². The molecule has 1 aromatic rings. The molecule has 2 N–H and O–H groups in total. The van der Waals surface area contributed by atoms with Gasteiger partial charge in [-0.3, -0.25) is 9.59 Å². The Labute approximate surface area is 93.0 Å². The molecule has 0 aliphatic carbocycles. The Bertz CT molecular complexity index is 413. The number of hydrogen-bond acceptors (Lipinski definition) is 3. The van der Waals surface area contributed by atoms with Gasteiger partial charge in [-0.2, -0.15) is 5.10 Å². The molecule has 16 heavy (non-hydrogen) atoms. The fourth-order valence-electron chi connectivity index (χ4n) is 1.71. The van der Waals surface area contributed by atoms with Crippen LogP contribution in [0.5, 0.6) is 0 Å². The molecule has 6 heteroatoms. The lowest BCUT2D eigenvalue weighted by atomic mass is 10.2. The molecule has 1 aliphatic rings. The summed E-state index contributed by atoms with van der Waals surface area (Å²) in [7, 11) is 0. The van der Waals surface area contributed by atoms with E-state index in [2.05, 4.69) is 15.7 Å². The molecule has 1 aromatic heterocycles. The maximum absolute atomic E-state index is 11.8. The number of rotatable bonds is 3. The average molecular weight is 222 g/mol. The summed E-state index contributed by atoms with van der Waals surface area (Å²) in [5.74, 6) is 0.416. The quantitative estimate of drug-likeness (QED) is 0.762. The van der Waals surface area contributed by atoms with Crippen LogP contribution in [0.1, 0.15) is 19.8 Å². The number of nitrogens with one attached hydrogen (secondary N) is 2. The van der Waals surface area contributed by atoms with Crippen molar-refractivity contribution in [2.45, 2.75) is 32.4 Å². The molecule has 0 bridgehead atoms. The van der Waals surface area contributed by atoms with Crippen LogP contribution in [0.4, 0.5) is 5.82 Å². The van der Waals surface area contributed by atoms with Gasteiger partial charge in [0.15, 0.2) is 0 Å². The van der Waals surface area contributed by atoms with Crippen LogP contribution in [-0.4, -0.2) is 27.6 Å². The molecule has 2 rings (SSSR count). The minimum Gasteiger partial charge on any atom is -0.344 e. The van der Waals surface area contributed by atoms with Crippen molar-refractivity contribution in [1.29, 1.82) is 0 Å². The largest absolute Gasteiger partial charge is 0.344 e. The van der Waals surface area contributed by atoms with Gasteiger partial charge in [0.2, 0.25) is 11.8 Å². The van der Waals surface area contributed by atoms with E-state index in [0.717, 1.165) is 0 Å². The van der Waals surface area contributed by atoms with E-state index < -0.39 is 6.04 Å². The van der Waals surface area contributed by atoms with Gasteiger partial charge < -0.3 is 10.6 Å². The Kier molecular flexibility index (Phi) is 2.89. The Hall–Kier alpha value is -1.85. The maximum Gasteiger partial charge on any atom is 0.248 e. The van der Waals surface area contributed by atoms with Crippen molar-refractivity contribution in [3.8, 4) is 0 Å². The molecule has 2 amide bonds. The third kappa shape index (κ3) is 2.05. The van der Waals surface area contributed by atoms with Gasteiger partial charge in [0.1, 0.15) is 11.9 Å². The molecule has 1 atom stereocenters. The van der Waals surface area contributed by atoms with E-state index in [1.165, 1.54) is 0 Å². The predicted octanol–water partition coefficient (Wildman–Crippen LogP) is 0.120. The zero-order chi connectivity index (χ0) is 11.5. The minimum atomic E-state index is -0.410. The summed E-state index contributed by atoms with van der Waals surface area (Å²) in [6, 6.07) is 1.32. The lowest BCUT2D eigenvalue weighted by Crippen LogP contribution is -2.37. The van der Waals surface area contributed by atoms with Crippen molar-refractivity contribution in [2.24, 2.45) is 0 Å². The number of amides is 2. The van der Waals surface area contributed by atoms with Crippen molar-refractivity contribution in [3.05, 3.63) is 12.3 Å². The lowest BCUT2D eigenvalue weighted by molar-refractivity contribution is -0.122. The standard InChI is InChI=1S/C10H14N4O2/c1-2-14-8(5-6-11-14)13-10(16)7-3-4-9(15)12-7/h5-7H,2-4H2,1H3,(H,12,15)(H,13,16)/t7-/m1/s1. The number of aromatic nitrogens is 2. The highest BCUT2D eigenvalue weighted by Gasteiger charge is 2.27. The third-order valence-corrected chi connectivity index (χ3v) is 2.58. The monoisotopic (exact) mass is 222 g/mol. The van der Waals surface area contributed by atoms with E-state index in [9.17, 15) is 9.59 Å². The van der Waals surface area contributed by atoms with Gasteiger partial charge in [-0.1, -0.05) is 0 Å². The van der Waals surface area contributed by atoms with Gasteiger partial charge in [-0.25, -0.2) is 4.68 Å². The molecule has 0 unspecified atom stereocenters. The predicted molar refractivity (Wildman–Crippen MR) is 57.7 cm³/mol. The van der Waals surface area contributed by atoms with Crippen LogP contribution in [0.3, 0.4) is 0 Å². The van der Waals surface area contributed by atoms with Gasteiger partial charge in [-0.05, 0) is 13.3 Å². The molecule has 6 nitrogen and oxygen atoms in total. The number of carbonyl (C=O) groups excluding carboxylic acids is 2.